The molecule has 40 heavy (non-hydrogen) atoms. The third-order valence-electron chi connectivity index (χ3n) is 6.60. The minimum absolute atomic E-state index is 0.150. The van der Waals surface area contributed by atoms with E-state index < -0.39 is 40.2 Å². The maximum atomic E-state index is 14.8. The van der Waals surface area contributed by atoms with Crippen LogP contribution in [0.2, 0.25) is 0 Å². The van der Waals surface area contributed by atoms with Crippen LogP contribution in [0.25, 0.3) is 0 Å². The second-order valence-corrected chi connectivity index (χ2v) is 11.5. The molecule has 214 valence electrons. The number of nitrogens with one attached hydrogen (secondary N) is 1. The number of methoxy groups -OCH3 is 1. The van der Waals surface area contributed by atoms with Gasteiger partial charge in [-0.1, -0.05) is 67.6 Å². The Bertz CT molecular complexity index is 1400. The number of halogens is 1. The Labute approximate surface area is 235 Å². The molecular weight excluding hydrogens is 533 g/mol. The minimum Gasteiger partial charge on any atom is -0.495 e. The summed E-state index contributed by atoms with van der Waals surface area (Å²) in [6.07, 6.45) is 1.81. The van der Waals surface area contributed by atoms with E-state index in [1.54, 1.807) is 24.3 Å². The Morgan fingerprint density at radius 2 is 1.60 bits per heavy atom. The molecule has 0 saturated heterocycles. The molecule has 0 aliphatic rings. The van der Waals surface area contributed by atoms with Crippen LogP contribution in [0, 0.1) is 5.82 Å². The molecule has 8 nitrogen and oxygen atoms in total. The van der Waals surface area contributed by atoms with E-state index in [-0.39, 0.29) is 36.0 Å². The van der Waals surface area contributed by atoms with Crippen LogP contribution in [-0.4, -0.2) is 57.1 Å². The van der Waals surface area contributed by atoms with E-state index in [1.165, 1.54) is 36.3 Å². The van der Waals surface area contributed by atoms with E-state index in [2.05, 4.69) is 5.32 Å². The molecule has 0 saturated carbocycles. The number of rotatable bonds is 13. The lowest BCUT2D eigenvalue weighted by Crippen LogP contribution is -2.54. The Kier molecular flexibility index (Phi) is 10.7. The van der Waals surface area contributed by atoms with Gasteiger partial charge in [-0.25, -0.2) is 12.8 Å². The molecular formula is C30H36FN3O5S. The van der Waals surface area contributed by atoms with Crippen LogP contribution in [0.4, 0.5) is 10.1 Å². The zero-order chi connectivity index (χ0) is 29.3. The van der Waals surface area contributed by atoms with Crippen LogP contribution >= 0.6 is 0 Å². The molecule has 3 aromatic rings. The molecule has 1 N–H and O–H groups in total. The summed E-state index contributed by atoms with van der Waals surface area (Å²) in [6.45, 7) is 2.93. The van der Waals surface area contributed by atoms with Gasteiger partial charge in [-0.05, 0) is 37.1 Å². The topological polar surface area (TPSA) is 96.0 Å². The van der Waals surface area contributed by atoms with Gasteiger partial charge < -0.3 is 15.0 Å². The standard InChI is InChI=1S/C30H36FN3O5S/c1-5-22(2)32-30(36)27(19-23-13-7-6-8-14-23)33(20-24-15-9-10-16-25(24)31)29(35)21-34(40(4,37)38)26-17-11-12-18-28(26)39-3/h6-18,22,27H,5,19-21H2,1-4H3,(H,32,36)/t22-,27-/m1/s1. The fourth-order valence-electron chi connectivity index (χ4n) is 4.24. The van der Waals surface area contributed by atoms with Crippen molar-refractivity contribution in [2.24, 2.45) is 0 Å². The summed E-state index contributed by atoms with van der Waals surface area (Å²) >= 11 is 0. The normalized spacial score (nSPS) is 12.7. The van der Waals surface area contributed by atoms with Crippen molar-refractivity contribution in [3.8, 4) is 5.75 Å². The van der Waals surface area contributed by atoms with Gasteiger partial charge >= 0.3 is 0 Å². The SMILES string of the molecule is CC[C@@H](C)NC(=O)[C@@H](Cc1ccccc1)N(Cc1ccccc1F)C(=O)CN(c1ccccc1OC)S(C)(=O)=O. The van der Waals surface area contributed by atoms with Crippen LogP contribution in [0.15, 0.2) is 78.9 Å². The van der Waals surface area contributed by atoms with Gasteiger partial charge in [-0.3, -0.25) is 13.9 Å². The van der Waals surface area contributed by atoms with E-state index >= 15 is 0 Å². The van der Waals surface area contributed by atoms with Gasteiger partial charge in [0.25, 0.3) is 0 Å². The van der Waals surface area contributed by atoms with Crippen molar-refractivity contribution in [3.05, 3.63) is 95.8 Å². The Hall–Kier alpha value is -3.92. The number of ether oxygens (including phenoxy) is 1. The number of anilines is 1. The molecule has 0 radical (unpaired) electrons. The highest BCUT2D eigenvalue weighted by molar-refractivity contribution is 7.92. The number of hydrogen-bond acceptors (Lipinski definition) is 5. The number of para-hydroxylation sites is 2. The summed E-state index contributed by atoms with van der Waals surface area (Å²) in [6, 6.07) is 20.4. The van der Waals surface area contributed by atoms with Crippen LogP contribution < -0.4 is 14.4 Å². The molecule has 10 heteroatoms. The number of carbonyl (C=O) groups excluding carboxylic acids is 2. The van der Waals surface area contributed by atoms with E-state index in [0.29, 0.717) is 6.42 Å². The fourth-order valence-corrected chi connectivity index (χ4v) is 5.09. The molecule has 0 aliphatic heterocycles. The summed E-state index contributed by atoms with van der Waals surface area (Å²) in [7, 11) is -2.55. The van der Waals surface area contributed by atoms with Crippen molar-refractivity contribution in [1.29, 1.82) is 0 Å². The van der Waals surface area contributed by atoms with Gasteiger partial charge in [0, 0.05) is 24.6 Å². The first-order chi connectivity index (χ1) is 19.0. The third kappa shape index (κ3) is 8.05. The van der Waals surface area contributed by atoms with E-state index in [4.69, 9.17) is 4.74 Å². The van der Waals surface area contributed by atoms with Crippen molar-refractivity contribution in [3.63, 3.8) is 0 Å². The van der Waals surface area contributed by atoms with Gasteiger partial charge in [0.1, 0.15) is 24.2 Å². The number of carbonyl (C=O) groups is 2. The second kappa shape index (κ2) is 13.9. The highest BCUT2D eigenvalue weighted by Crippen LogP contribution is 2.30. The number of sulfonamides is 1. The third-order valence-corrected chi connectivity index (χ3v) is 7.73. The second-order valence-electron chi connectivity index (χ2n) is 9.58. The quantitative estimate of drug-likeness (QED) is 0.334. The van der Waals surface area contributed by atoms with Crippen molar-refractivity contribution in [2.45, 2.75) is 45.3 Å². The van der Waals surface area contributed by atoms with E-state index in [1.807, 2.05) is 44.2 Å². The zero-order valence-corrected chi connectivity index (χ0v) is 24.0. The maximum absolute atomic E-state index is 14.8. The summed E-state index contributed by atoms with van der Waals surface area (Å²) < 4.78 is 46.9. The van der Waals surface area contributed by atoms with Crippen LogP contribution in [0.3, 0.4) is 0 Å². The summed E-state index contributed by atoms with van der Waals surface area (Å²) in [5.41, 5.74) is 1.17. The Morgan fingerprint density at radius 3 is 2.23 bits per heavy atom. The van der Waals surface area contributed by atoms with Crippen molar-refractivity contribution < 1.29 is 27.1 Å². The molecule has 0 fully saturated rings. The first-order valence-electron chi connectivity index (χ1n) is 13.0. The molecule has 0 unspecified atom stereocenters. The van der Waals surface area contributed by atoms with Crippen molar-refractivity contribution in [1.82, 2.24) is 10.2 Å². The lowest BCUT2D eigenvalue weighted by Gasteiger charge is -2.34. The largest absolute Gasteiger partial charge is 0.495 e. The number of amides is 2. The molecule has 0 heterocycles. The predicted octanol–water partition coefficient (Wildman–Crippen LogP) is 4.16. The lowest BCUT2D eigenvalue weighted by molar-refractivity contribution is -0.140. The van der Waals surface area contributed by atoms with Gasteiger partial charge in [0.05, 0.1) is 19.1 Å². The highest BCUT2D eigenvalue weighted by atomic mass is 32.2. The maximum Gasteiger partial charge on any atom is 0.244 e. The predicted molar refractivity (Wildman–Crippen MR) is 154 cm³/mol. The van der Waals surface area contributed by atoms with Crippen LogP contribution in [-0.2, 0) is 32.6 Å². The number of nitrogens with zero attached hydrogens (tertiary/aromatic N) is 2. The van der Waals surface area contributed by atoms with Crippen LogP contribution in [0.1, 0.15) is 31.4 Å². The van der Waals surface area contributed by atoms with Crippen LogP contribution in [0.5, 0.6) is 5.75 Å². The molecule has 0 bridgehead atoms. The summed E-state index contributed by atoms with van der Waals surface area (Å²) in [5, 5.41) is 2.94. The lowest BCUT2D eigenvalue weighted by atomic mass is 10.0. The van der Waals surface area contributed by atoms with Gasteiger partial charge in [-0.15, -0.1) is 0 Å². The molecule has 2 atom stereocenters. The highest BCUT2D eigenvalue weighted by Gasteiger charge is 2.34. The van der Waals surface area contributed by atoms with Gasteiger partial charge in [-0.2, -0.15) is 0 Å². The average molecular weight is 570 g/mol. The van der Waals surface area contributed by atoms with Crippen molar-refractivity contribution in [2.75, 3.05) is 24.2 Å². The molecule has 0 spiro atoms. The fraction of sp³-hybridized carbons (Fsp3) is 0.333. The number of benzene rings is 3. The first kappa shape index (κ1) is 30.6. The van der Waals surface area contributed by atoms with E-state index in [9.17, 15) is 22.4 Å². The molecule has 2 amide bonds. The molecule has 0 aliphatic carbocycles. The minimum atomic E-state index is -3.96. The number of hydrogen-bond donors (Lipinski definition) is 1. The smallest absolute Gasteiger partial charge is 0.244 e. The monoisotopic (exact) mass is 569 g/mol. The van der Waals surface area contributed by atoms with Gasteiger partial charge in [0.2, 0.25) is 21.8 Å². The molecule has 0 aromatic heterocycles. The van der Waals surface area contributed by atoms with Gasteiger partial charge in [0.15, 0.2) is 0 Å². The zero-order valence-electron chi connectivity index (χ0n) is 23.2. The average Bonchev–Trinajstić information content (AvgIpc) is 2.94. The summed E-state index contributed by atoms with van der Waals surface area (Å²) in [5.74, 6) is -1.35. The molecule has 3 rings (SSSR count). The van der Waals surface area contributed by atoms with E-state index in [0.717, 1.165) is 16.1 Å². The summed E-state index contributed by atoms with van der Waals surface area (Å²) in [4.78, 5) is 29.0. The first-order valence-corrected chi connectivity index (χ1v) is 14.9. The van der Waals surface area contributed by atoms with Crippen molar-refractivity contribution >= 4 is 27.5 Å². The molecule has 3 aromatic carbocycles. The Balaban J connectivity index is 2.09. The Morgan fingerprint density at radius 1 is 0.975 bits per heavy atom.